The van der Waals surface area contributed by atoms with Gasteiger partial charge in [-0.3, -0.25) is 4.90 Å². The second-order valence-corrected chi connectivity index (χ2v) is 6.34. The number of benzene rings is 1. The molecule has 2 atom stereocenters. The number of piperazine rings is 1. The van der Waals surface area contributed by atoms with Crippen molar-refractivity contribution in [2.45, 2.75) is 58.2 Å². The summed E-state index contributed by atoms with van der Waals surface area (Å²) in [6.45, 7) is 11.4. The predicted molar refractivity (Wildman–Crippen MR) is 88.9 cm³/mol. The summed E-state index contributed by atoms with van der Waals surface area (Å²) < 4.78 is 5.26. The highest BCUT2D eigenvalue weighted by Gasteiger charge is 2.37. The molecule has 3 nitrogen and oxygen atoms in total. The fraction of sp³-hybridized carbons (Fsp3) is 0.667. The average molecular weight is 290 g/mol. The highest BCUT2D eigenvalue weighted by Crippen LogP contribution is 2.30. The van der Waals surface area contributed by atoms with Gasteiger partial charge in [0.15, 0.2) is 0 Å². The lowest BCUT2D eigenvalue weighted by atomic mass is 9.87. The smallest absolute Gasteiger partial charge is 0.118 e. The van der Waals surface area contributed by atoms with Crippen LogP contribution in [-0.4, -0.2) is 36.7 Å². The number of nitrogens with zero attached hydrogens (tertiary/aromatic N) is 1. The van der Waals surface area contributed by atoms with Crippen molar-refractivity contribution >= 4 is 0 Å². The van der Waals surface area contributed by atoms with E-state index in [1.54, 1.807) is 7.11 Å². The molecule has 2 unspecified atom stereocenters. The molecule has 0 saturated carbocycles. The summed E-state index contributed by atoms with van der Waals surface area (Å²) in [5.41, 5.74) is 1.64. The number of ether oxygens (including phenoxy) is 1. The predicted octanol–water partition coefficient (Wildman–Crippen LogP) is 3.61. The number of rotatable bonds is 5. The summed E-state index contributed by atoms with van der Waals surface area (Å²) in [5.74, 6) is 0.927. The minimum Gasteiger partial charge on any atom is -0.497 e. The SMILES string of the molecule is CCC1(CC)CN(C(C)c2ccc(OC)cc2)C(C)CN1. The minimum atomic E-state index is 0.271. The first-order valence-corrected chi connectivity index (χ1v) is 8.20. The highest BCUT2D eigenvalue weighted by atomic mass is 16.5. The van der Waals surface area contributed by atoms with Gasteiger partial charge in [0.05, 0.1) is 7.11 Å². The molecule has 3 heteroatoms. The molecule has 1 aromatic carbocycles. The fourth-order valence-corrected chi connectivity index (χ4v) is 3.36. The zero-order valence-corrected chi connectivity index (χ0v) is 14.1. The van der Waals surface area contributed by atoms with E-state index in [0.29, 0.717) is 12.1 Å². The molecular weight excluding hydrogens is 260 g/mol. The summed E-state index contributed by atoms with van der Waals surface area (Å²) in [5, 5.41) is 3.77. The normalized spacial score (nSPS) is 23.8. The van der Waals surface area contributed by atoms with Crippen LogP contribution in [0, 0.1) is 0 Å². The van der Waals surface area contributed by atoms with E-state index in [1.807, 2.05) is 0 Å². The molecule has 2 rings (SSSR count). The largest absolute Gasteiger partial charge is 0.497 e. The second kappa shape index (κ2) is 6.80. The van der Waals surface area contributed by atoms with E-state index in [9.17, 15) is 0 Å². The Morgan fingerprint density at radius 2 is 1.90 bits per heavy atom. The minimum absolute atomic E-state index is 0.271. The van der Waals surface area contributed by atoms with Crippen molar-refractivity contribution < 1.29 is 4.74 Å². The molecule has 21 heavy (non-hydrogen) atoms. The lowest BCUT2D eigenvalue weighted by molar-refractivity contribution is 0.0496. The number of methoxy groups -OCH3 is 1. The van der Waals surface area contributed by atoms with Gasteiger partial charge in [-0.2, -0.15) is 0 Å². The Hall–Kier alpha value is -1.06. The van der Waals surface area contributed by atoms with Crippen LogP contribution in [0.5, 0.6) is 5.75 Å². The molecule has 0 radical (unpaired) electrons. The van der Waals surface area contributed by atoms with Crippen molar-refractivity contribution in [2.75, 3.05) is 20.2 Å². The van der Waals surface area contributed by atoms with Crippen molar-refractivity contribution in [1.29, 1.82) is 0 Å². The van der Waals surface area contributed by atoms with Gasteiger partial charge < -0.3 is 10.1 Å². The van der Waals surface area contributed by atoms with Crippen LogP contribution in [0.2, 0.25) is 0 Å². The number of hydrogen-bond donors (Lipinski definition) is 1. The van der Waals surface area contributed by atoms with Gasteiger partial charge in [-0.15, -0.1) is 0 Å². The highest BCUT2D eigenvalue weighted by molar-refractivity contribution is 5.29. The Morgan fingerprint density at radius 1 is 1.29 bits per heavy atom. The van der Waals surface area contributed by atoms with Crippen LogP contribution in [0.3, 0.4) is 0 Å². The van der Waals surface area contributed by atoms with Crippen LogP contribution in [0.25, 0.3) is 0 Å². The Kier molecular flexibility index (Phi) is 5.28. The van der Waals surface area contributed by atoms with E-state index >= 15 is 0 Å². The molecule has 0 aromatic heterocycles. The van der Waals surface area contributed by atoms with E-state index in [0.717, 1.165) is 18.8 Å². The molecule has 118 valence electrons. The molecule has 1 aromatic rings. The van der Waals surface area contributed by atoms with E-state index < -0.39 is 0 Å². The van der Waals surface area contributed by atoms with E-state index in [2.05, 4.69) is 62.2 Å². The zero-order chi connectivity index (χ0) is 15.5. The third-order valence-electron chi connectivity index (χ3n) is 5.27. The summed E-state index contributed by atoms with van der Waals surface area (Å²) in [4.78, 5) is 2.64. The van der Waals surface area contributed by atoms with Crippen LogP contribution in [0.15, 0.2) is 24.3 Å². The summed E-state index contributed by atoms with van der Waals surface area (Å²) >= 11 is 0. The first kappa shape index (κ1) is 16.3. The Labute approximate surface area is 129 Å². The van der Waals surface area contributed by atoms with Crippen LogP contribution in [-0.2, 0) is 0 Å². The number of hydrogen-bond acceptors (Lipinski definition) is 3. The van der Waals surface area contributed by atoms with Gasteiger partial charge >= 0.3 is 0 Å². The molecular formula is C18H30N2O. The third kappa shape index (κ3) is 3.41. The van der Waals surface area contributed by atoms with Gasteiger partial charge in [0.2, 0.25) is 0 Å². The molecule has 1 heterocycles. The van der Waals surface area contributed by atoms with Gasteiger partial charge in [0.1, 0.15) is 5.75 Å². The molecule has 0 spiro atoms. The topological polar surface area (TPSA) is 24.5 Å². The molecule has 1 N–H and O–H groups in total. The third-order valence-corrected chi connectivity index (χ3v) is 5.27. The monoisotopic (exact) mass is 290 g/mol. The van der Waals surface area contributed by atoms with E-state index in [-0.39, 0.29) is 5.54 Å². The molecule has 0 amide bonds. The maximum Gasteiger partial charge on any atom is 0.118 e. The summed E-state index contributed by atoms with van der Waals surface area (Å²) in [7, 11) is 1.72. The van der Waals surface area contributed by atoms with Gasteiger partial charge in [0, 0.05) is 30.7 Å². The van der Waals surface area contributed by atoms with Gasteiger partial charge in [-0.25, -0.2) is 0 Å². The molecule has 1 aliphatic heterocycles. The molecule has 0 bridgehead atoms. The standard InChI is InChI=1S/C18H30N2O/c1-6-18(7-2)13-20(14(3)12-19-18)15(4)16-8-10-17(21-5)11-9-16/h8-11,14-15,19H,6-7,12-13H2,1-5H3. The molecule has 1 aliphatic rings. The Morgan fingerprint density at radius 3 is 2.43 bits per heavy atom. The van der Waals surface area contributed by atoms with Crippen LogP contribution in [0.1, 0.15) is 52.1 Å². The lowest BCUT2D eigenvalue weighted by Crippen LogP contribution is -2.63. The van der Waals surface area contributed by atoms with Gasteiger partial charge in [-0.1, -0.05) is 26.0 Å². The van der Waals surface area contributed by atoms with Crippen LogP contribution < -0.4 is 10.1 Å². The average Bonchev–Trinajstić information content (AvgIpc) is 2.55. The number of nitrogens with one attached hydrogen (secondary N) is 1. The van der Waals surface area contributed by atoms with Crippen molar-refractivity contribution in [3.05, 3.63) is 29.8 Å². The fourth-order valence-electron chi connectivity index (χ4n) is 3.36. The van der Waals surface area contributed by atoms with E-state index in [4.69, 9.17) is 4.74 Å². The first-order valence-electron chi connectivity index (χ1n) is 8.20. The summed E-state index contributed by atoms with van der Waals surface area (Å²) in [6, 6.07) is 9.51. The molecule has 0 aliphatic carbocycles. The van der Waals surface area contributed by atoms with Crippen molar-refractivity contribution in [3.8, 4) is 5.75 Å². The van der Waals surface area contributed by atoms with Crippen molar-refractivity contribution in [2.24, 2.45) is 0 Å². The quantitative estimate of drug-likeness (QED) is 0.896. The van der Waals surface area contributed by atoms with Crippen molar-refractivity contribution in [1.82, 2.24) is 10.2 Å². The second-order valence-electron chi connectivity index (χ2n) is 6.34. The maximum atomic E-state index is 5.26. The molecule has 1 saturated heterocycles. The Balaban J connectivity index is 2.16. The lowest BCUT2D eigenvalue weighted by Gasteiger charge is -2.49. The van der Waals surface area contributed by atoms with Crippen LogP contribution >= 0.6 is 0 Å². The van der Waals surface area contributed by atoms with Gasteiger partial charge in [0.25, 0.3) is 0 Å². The maximum absolute atomic E-state index is 5.26. The van der Waals surface area contributed by atoms with Crippen molar-refractivity contribution in [3.63, 3.8) is 0 Å². The van der Waals surface area contributed by atoms with Crippen LogP contribution in [0.4, 0.5) is 0 Å². The summed E-state index contributed by atoms with van der Waals surface area (Å²) in [6.07, 6.45) is 2.37. The Bertz CT molecular complexity index is 439. The molecule has 1 fully saturated rings. The zero-order valence-electron chi connectivity index (χ0n) is 14.1. The first-order chi connectivity index (χ1) is 10.0. The van der Waals surface area contributed by atoms with E-state index in [1.165, 1.54) is 18.4 Å². The van der Waals surface area contributed by atoms with Gasteiger partial charge in [-0.05, 0) is 44.4 Å².